The predicted molar refractivity (Wildman–Crippen MR) is 73.7 cm³/mol. The van der Waals surface area contributed by atoms with E-state index in [9.17, 15) is 9.59 Å². The van der Waals surface area contributed by atoms with Crippen LogP contribution in [0.25, 0.3) is 0 Å². The van der Waals surface area contributed by atoms with E-state index in [-0.39, 0.29) is 17.7 Å². The monoisotopic (exact) mass is 270 g/mol. The molecule has 5 nitrogen and oxygen atoms in total. The topological polar surface area (TPSA) is 92.4 Å². The van der Waals surface area contributed by atoms with E-state index in [0.29, 0.717) is 19.5 Å². The Bertz CT molecular complexity index is 301. The van der Waals surface area contributed by atoms with Crippen LogP contribution in [0.2, 0.25) is 0 Å². The summed E-state index contributed by atoms with van der Waals surface area (Å²) in [5, 5.41) is 11.8. The number of hydrogen-bond acceptors (Lipinski definition) is 3. The van der Waals surface area contributed by atoms with Gasteiger partial charge in [0.2, 0.25) is 5.91 Å². The molecule has 0 bridgehead atoms. The van der Waals surface area contributed by atoms with Crippen molar-refractivity contribution >= 4 is 11.9 Å². The molecule has 0 unspecified atom stereocenters. The molecule has 0 saturated heterocycles. The van der Waals surface area contributed by atoms with Gasteiger partial charge >= 0.3 is 5.97 Å². The average Bonchev–Trinajstić information content (AvgIpc) is 2.31. The largest absolute Gasteiger partial charge is 0.481 e. The Labute approximate surface area is 114 Å². The van der Waals surface area contributed by atoms with Crippen molar-refractivity contribution in [2.45, 2.75) is 57.8 Å². The zero-order valence-corrected chi connectivity index (χ0v) is 11.6. The standard InChI is InChI=1S/C14H26N2O3/c15-9-4-2-1-3-6-12(17)16-11-14(7-5-8-14)10-13(18)19/h1-11,15H2,(H,16,17)(H,18,19). The maximum Gasteiger partial charge on any atom is 0.303 e. The average molecular weight is 270 g/mol. The summed E-state index contributed by atoms with van der Waals surface area (Å²) in [6, 6.07) is 0. The van der Waals surface area contributed by atoms with Crippen molar-refractivity contribution in [3.8, 4) is 0 Å². The van der Waals surface area contributed by atoms with E-state index in [1.54, 1.807) is 0 Å². The van der Waals surface area contributed by atoms with Gasteiger partial charge in [0.05, 0.1) is 6.42 Å². The number of carboxylic acids is 1. The molecular weight excluding hydrogens is 244 g/mol. The second kappa shape index (κ2) is 8.15. The van der Waals surface area contributed by atoms with Gasteiger partial charge in [-0.1, -0.05) is 19.3 Å². The van der Waals surface area contributed by atoms with Gasteiger partial charge in [-0.15, -0.1) is 0 Å². The summed E-state index contributed by atoms with van der Waals surface area (Å²) < 4.78 is 0. The van der Waals surface area contributed by atoms with Crippen LogP contribution < -0.4 is 11.1 Å². The predicted octanol–water partition coefficient (Wildman–Crippen LogP) is 1.66. The van der Waals surface area contributed by atoms with Crippen LogP contribution in [0.15, 0.2) is 0 Å². The van der Waals surface area contributed by atoms with Crippen LogP contribution >= 0.6 is 0 Å². The molecule has 1 saturated carbocycles. The fraction of sp³-hybridized carbons (Fsp3) is 0.857. The highest BCUT2D eigenvalue weighted by atomic mass is 16.4. The van der Waals surface area contributed by atoms with E-state index in [1.807, 2.05) is 0 Å². The summed E-state index contributed by atoms with van der Waals surface area (Å²) in [4.78, 5) is 22.5. The number of nitrogens with one attached hydrogen (secondary N) is 1. The second-order valence-electron chi connectivity index (χ2n) is 5.65. The minimum atomic E-state index is -0.768. The van der Waals surface area contributed by atoms with Crippen molar-refractivity contribution in [3.05, 3.63) is 0 Å². The lowest BCUT2D eigenvalue weighted by molar-refractivity contribution is -0.141. The molecule has 0 aromatic rings. The Hall–Kier alpha value is -1.10. The van der Waals surface area contributed by atoms with E-state index in [2.05, 4.69) is 5.32 Å². The van der Waals surface area contributed by atoms with Gasteiger partial charge in [-0.2, -0.15) is 0 Å². The van der Waals surface area contributed by atoms with Gasteiger partial charge < -0.3 is 16.2 Å². The van der Waals surface area contributed by atoms with Gasteiger partial charge in [0.25, 0.3) is 0 Å². The lowest BCUT2D eigenvalue weighted by Crippen LogP contribution is -2.43. The molecule has 0 aromatic heterocycles. The maximum atomic E-state index is 11.7. The van der Waals surface area contributed by atoms with Gasteiger partial charge in [0.1, 0.15) is 0 Å². The number of aliphatic carboxylic acids is 1. The number of hydrogen-bond donors (Lipinski definition) is 3. The summed E-state index contributed by atoms with van der Waals surface area (Å²) in [5.41, 5.74) is 5.22. The first kappa shape index (κ1) is 16.0. The van der Waals surface area contributed by atoms with E-state index in [4.69, 9.17) is 10.8 Å². The second-order valence-corrected chi connectivity index (χ2v) is 5.65. The van der Waals surface area contributed by atoms with E-state index >= 15 is 0 Å². The van der Waals surface area contributed by atoms with Crippen LogP contribution in [-0.2, 0) is 9.59 Å². The summed E-state index contributed by atoms with van der Waals surface area (Å²) in [7, 11) is 0. The number of carbonyl (C=O) groups is 2. The van der Waals surface area contributed by atoms with Crippen LogP contribution in [0.5, 0.6) is 0 Å². The fourth-order valence-electron chi connectivity index (χ4n) is 2.57. The Morgan fingerprint density at radius 3 is 2.37 bits per heavy atom. The third-order valence-corrected chi connectivity index (χ3v) is 3.96. The zero-order valence-electron chi connectivity index (χ0n) is 11.6. The minimum Gasteiger partial charge on any atom is -0.481 e. The Balaban J connectivity index is 2.13. The van der Waals surface area contributed by atoms with Gasteiger partial charge in [-0.25, -0.2) is 0 Å². The molecule has 0 heterocycles. The number of unbranched alkanes of at least 4 members (excludes halogenated alkanes) is 3. The number of rotatable bonds is 10. The van der Waals surface area contributed by atoms with Crippen LogP contribution in [0, 0.1) is 5.41 Å². The number of carbonyl (C=O) groups excluding carboxylic acids is 1. The molecular formula is C14H26N2O3. The third kappa shape index (κ3) is 6.05. The zero-order chi connectivity index (χ0) is 14.1. The molecule has 4 N–H and O–H groups in total. The Morgan fingerprint density at radius 2 is 1.84 bits per heavy atom. The van der Waals surface area contributed by atoms with Crippen molar-refractivity contribution in [1.82, 2.24) is 5.32 Å². The molecule has 1 fully saturated rings. The lowest BCUT2D eigenvalue weighted by Gasteiger charge is -2.40. The first-order valence-corrected chi connectivity index (χ1v) is 7.26. The highest BCUT2D eigenvalue weighted by Gasteiger charge is 2.39. The van der Waals surface area contributed by atoms with Gasteiger partial charge in [-0.05, 0) is 37.6 Å². The Morgan fingerprint density at radius 1 is 1.16 bits per heavy atom. The van der Waals surface area contributed by atoms with Gasteiger partial charge in [0.15, 0.2) is 0 Å². The molecule has 0 radical (unpaired) electrons. The van der Waals surface area contributed by atoms with Gasteiger partial charge in [-0.3, -0.25) is 9.59 Å². The van der Waals surface area contributed by atoms with Crippen molar-refractivity contribution in [3.63, 3.8) is 0 Å². The van der Waals surface area contributed by atoms with Gasteiger partial charge in [0, 0.05) is 13.0 Å². The first-order valence-electron chi connectivity index (χ1n) is 7.26. The van der Waals surface area contributed by atoms with Crippen molar-refractivity contribution in [1.29, 1.82) is 0 Å². The summed E-state index contributed by atoms with van der Waals surface area (Å²) >= 11 is 0. The molecule has 1 amide bonds. The molecule has 5 heteroatoms. The summed E-state index contributed by atoms with van der Waals surface area (Å²) in [6.45, 7) is 1.23. The minimum absolute atomic E-state index is 0.0458. The van der Waals surface area contributed by atoms with Crippen LogP contribution in [0.3, 0.4) is 0 Å². The quantitative estimate of drug-likeness (QED) is 0.526. The van der Waals surface area contributed by atoms with Crippen molar-refractivity contribution < 1.29 is 14.7 Å². The highest BCUT2D eigenvalue weighted by molar-refractivity contribution is 5.76. The normalized spacial score (nSPS) is 16.7. The first-order chi connectivity index (χ1) is 9.08. The van der Waals surface area contributed by atoms with Crippen LogP contribution in [-0.4, -0.2) is 30.1 Å². The van der Waals surface area contributed by atoms with Crippen LogP contribution in [0.4, 0.5) is 0 Å². The molecule has 19 heavy (non-hydrogen) atoms. The molecule has 0 aliphatic heterocycles. The molecule has 1 aliphatic rings. The molecule has 1 rings (SSSR count). The molecule has 0 spiro atoms. The maximum absolute atomic E-state index is 11.7. The molecule has 0 aromatic carbocycles. The third-order valence-electron chi connectivity index (χ3n) is 3.96. The number of carboxylic acid groups (broad SMARTS) is 1. The Kier molecular flexibility index (Phi) is 6.84. The molecule has 1 aliphatic carbocycles. The lowest BCUT2D eigenvalue weighted by atomic mass is 9.66. The van der Waals surface area contributed by atoms with E-state index in [1.165, 1.54) is 0 Å². The molecule has 110 valence electrons. The van der Waals surface area contributed by atoms with Crippen LogP contribution in [0.1, 0.15) is 57.8 Å². The molecule has 0 atom stereocenters. The van der Waals surface area contributed by atoms with E-state index < -0.39 is 5.97 Å². The van der Waals surface area contributed by atoms with Crippen molar-refractivity contribution in [2.24, 2.45) is 11.1 Å². The summed E-state index contributed by atoms with van der Waals surface area (Å²) in [5.74, 6) is -0.722. The highest BCUT2D eigenvalue weighted by Crippen LogP contribution is 2.43. The SMILES string of the molecule is NCCCCCCC(=O)NCC1(CC(=O)O)CCC1. The smallest absolute Gasteiger partial charge is 0.303 e. The number of amides is 1. The fourth-order valence-corrected chi connectivity index (χ4v) is 2.57. The van der Waals surface area contributed by atoms with Crippen molar-refractivity contribution in [2.75, 3.05) is 13.1 Å². The number of nitrogens with two attached hydrogens (primary N) is 1. The van der Waals surface area contributed by atoms with E-state index in [0.717, 1.165) is 44.9 Å². The summed E-state index contributed by atoms with van der Waals surface area (Å²) in [6.07, 6.45) is 7.62.